The molecule has 0 saturated heterocycles. The number of halogens is 1. The van der Waals surface area contributed by atoms with E-state index >= 15 is 0 Å². The fraction of sp³-hybridized carbons (Fsp3) is 0.278. The number of benzene rings is 2. The lowest BCUT2D eigenvalue weighted by Crippen LogP contribution is -2.13. The predicted octanol–water partition coefficient (Wildman–Crippen LogP) is 4.68. The van der Waals surface area contributed by atoms with E-state index in [-0.39, 0.29) is 0 Å². The van der Waals surface area contributed by atoms with Gasteiger partial charge in [-0.05, 0) is 49.1 Å². The zero-order valence-electron chi connectivity index (χ0n) is 12.5. The molecular weight excluding hydrogens is 300 g/mol. The second-order valence-corrected chi connectivity index (χ2v) is 5.61. The van der Waals surface area contributed by atoms with Crippen LogP contribution in [0.4, 0.5) is 0 Å². The molecule has 0 radical (unpaired) electrons. The number of hydrogen-bond acceptors (Lipinski definition) is 2. The van der Waals surface area contributed by atoms with E-state index in [0.29, 0.717) is 24.5 Å². The normalized spacial score (nSPS) is 11.9. The van der Waals surface area contributed by atoms with Crippen LogP contribution in [0.1, 0.15) is 29.9 Å². The van der Waals surface area contributed by atoms with Gasteiger partial charge < -0.3 is 9.84 Å². The van der Waals surface area contributed by atoms with E-state index in [1.54, 1.807) is 6.07 Å². The summed E-state index contributed by atoms with van der Waals surface area (Å²) in [6, 6.07) is 14.8. The fourth-order valence-corrected chi connectivity index (χ4v) is 2.42. The Bertz CT molecular complexity index is 625. The first kappa shape index (κ1) is 16.4. The van der Waals surface area contributed by atoms with Gasteiger partial charge >= 0.3 is 5.97 Å². The molecule has 3 nitrogen and oxygen atoms in total. The first-order valence-corrected chi connectivity index (χ1v) is 7.62. The molecule has 0 fully saturated rings. The molecule has 0 aliphatic heterocycles. The van der Waals surface area contributed by atoms with Crippen LogP contribution >= 0.6 is 11.6 Å². The average Bonchev–Trinajstić information content (AvgIpc) is 2.51. The largest absolute Gasteiger partial charge is 0.494 e. The minimum Gasteiger partial charge on any atom is -0.494 e. The molecule has 0 aromatic heterocycles. The lowest BCUT2D eigenvalue weighted by atomic mass is 9.95. The number of rotatable bonds is 7. The summed E-state index contributed by atoms with van der Waals surface area (Å²) in [6.45, 7) is 2.41. The Kier molecular flexibility index (Phi) is 5.84. The summed E-state index contributed by atoms with van der Waals surface area (Å²) in [5, 5.41) is 10.1. The van der Waals surface area contributed by atoms with Crippen LogP contribution in [0.3, 0.4) is 0 Å². The molecule has 0 spiro atoms. The Hall–Kier alpha value is -2.00. The molecule has 2 aromatic carbocycles. The molecule has 116 valence electrons. The highest BCUT2D eigenvalue weighted by molar-refractivity contribution is 6.31. The van der Waals surface area contributed by atoms with E-state index in [2.05, 4.69) is 0 Å². The number of carboxylic acids is 1. The molecule has 0 heterocycles. The summed E-state index contributed by atoms with van der Waals surface area (Å²) >= 11 is 5.97. The van der Waals surface area contributed by atoms with Gasteiger partial charge in [0.15, 0.2) is 0 Å². The molecule has 2 rings (SSSR count). The van der Waals surface area contributed by atoms with Gasteiger partial charge in [0.25, 0.3) is 0 Å². The number of ether oxygens (including phenoxy) is 1. The van der Waals surface area contributed by atoms with Crippen molar-refractivity contribution in [2.24, 2.45) is 0 Å². The van der Waals surface area contributed by atoms with Gasteiger partial charge in [-0.25, -0.2) is 0 Å². The van der Waals surface area contributed by atoms with Gasteiger partial charge in [-0.3, -0.25) is 4.79 Å². The Morgan fingerprint density at radius 1 is 1.23 bits per heavy atom. The van der Waals surface area contributed by atoms with Crippen molar-refractivity contribution in [3.05, 3.63) is 64.7 Å². The first-order chi connectivity index (χ1) is 10.6. The van der Waals surface area contributed by atoms with Gasteiger partial charge in [-0.1, -0.05) is 41.9 Å². The number of aryl methyl sites for hydroxylation is 1. The molecule has 1 N–H and O–H groups in total. The molecule has 0 bridgehead atoms. The molecule has 0 aliphatic rings. The summed E-state index contributed by atoms with van der Waals surface area (Å²) in [7, 11) is 0. The summed E-state index contributed by atoms with van der Waals surface area (Å²) < 4.78 is 5.66. The molecule has 1 unspecified atom stereocenters. The van der Waals surface area contributed by atoms with Crippen LogP contribution in [-0.4, -0.2) is 17.7 Å². The van der Waals surface area contributed by atoms with Crippen molar-refractivity contribution in [1.82, 2.24) is 0 Å². The van der Waals surface area contributed by atoms with Gasteiger partial charge in [0, 0.05) is 5.02 Å². The lowest BCUT2D eigenvalue weighted by Gasteiger charge is -2.13. The number of carbonyl (C=O) groups is 1. The number of aliphatic carboxylic acids is 1. The van der Waals surface area contributed by atoms with Gasteiger partial charge in [0.1, 0.15) is 5.75 Å². The van der Waals surface area contributed by atoms with E-state index in [4.69, 9.17) is 16.3 Å². The van der Waals surface area contributed by atoms with Crippen LogP contribution in [0.15, 0.2) is 48.5 Å². The van der Waals surface area contributed by atoms with E-state index < -0.39 is 11.9 Å². The van der Waals surface area contributed by atoms with Crippen LogP contribution in [0.25, 0.3) is 0 Å². The van der Waals surface area contributed by atoms with Crippen molar-refractivity contribution in [2.75, 3.05) is 6.61 Å². The quantitative estimate of drug-likeness (QED) is 0.754. The SMILES string of the molecule is Cc1cc(OCCCC(C(=O)O)c2ccccc2)ccc1Cl. The van der Waals surface area contributed by atoms with Crippen molar-refractivity contribution < 1.29 is 14.6 Å². The summed E-state index contributed by atoms with van der Waals surface area (Å²) in [6.07, 6.45) is 1.22. The van der Waals surface area contributed by atoms with Crippen LogP contribution in [-0.2, 0) is 4.79 Å². The summed E-state index contributed by atoms with van der Waals surface area (Å²) in [5.74, 6) is -0.529. The third kappa shape index (κ3) is 4.50. The Morgan fingerprint density at radius 2 is 1.95 bits per heavy atom. The Labute approximate surface area is 135 Å². The molecule has 0 aliphatic carbocycles. The minimum absolute atomic E-state index is 0.484. The maximum Gasteiger partial charge on any atom is 0.310 e. The highest BCUT2D eigenvalue weighted by Crippen LogP contribution is 2.23. The highest BCUT2D eigenvalue weighted by atomic mass is 35.5. The van der Waals surface area contributed by atoms with E-state index in [9.17, 15) is 9.90 Å². The van der Waals surface area contributed by atoms with E-state index in [0.717, 1.165) is 16.9 Å². The molecule has 22 heavy (non-hydrogen) atoms. The van der Waals surface area contributed by atoms with Crippen LogP contribution < -0.4 is 4.74 Å². The zero-order chi connectivity index (χ0) is 15.9. The second-order valence-electron chi connectivity index (χ2n) is 5.20. The van der Waals surface area contributed by atoms with Gasteiger partial charge in [-0.2, -0.15) is 0 Å². The average molecular weight is 319 g/mol. The minimum atomic E-state index is -0.798. The summed E-state index contributed by atoms with van der Waals surface area (Å²) in [4.78, 5) is 11.4. The molecular formula is C18H19ClO3. The van der Waals surface area contributed by atoms with Gasteiger partial charge in [-0.15, -0.1) is 0 Å². The first-order valence-electron chi connectivity index (χ1n) is 7.24. The van der Waals surface area contributed by atoms with Crippen LogP contribution in [0.5, 0.6) is 5.75 Å². The zero-order valence-corrected chi connectivity index (χ0v) is 13.2. The molecule has 4 heteroatoms. The predicted molar refractivity (Wildman–Crippen MR) is 87.7 cm³/mol. The topological polar surface area (TPSA) is 46.5 Å². The number of hydrogen-bond donors (Lipinski definition) is 1. The van der Waals surface area contributed by atoms with Gasteiger partial charge in [0.2, 0.25) is 0 Å². The highest BCUT2D eigenvalue weighted by Gasteiger charge is 2.18. The number of carboxylic acid groups (broad SMARTS) is 1. The fourth-order valence-electron chi connectivity index (χ4n) is 2.30. The Morgan fingerprint density at radius 3 is 2.59 bits per heavy atom. The van der Waals surface area contributed by atoms with Crippen LogP contribution in [0, 0.1) is 6.92 Å². The maximum atomic E-state index is 11.4. The van der Waals surface area contributed by atoms with Crippen LogP contribution in [0.2, 0.25) is 5.02 Å². The van der Waals surface area contributed by atoms with Crippen molar-refractivity contribution in [3.63, 3.8) is 0 Å². The van der Waals surface area contributed by atoms with Crippen molar-refractivity contribution in [3.8, 4) is 5.75 Å². The lowest BCUT2D eigenvalue weighted by molar-refractivity contribution is -0.139. The van der Waals surface area contributed by atoms with E-state index in [1.807, 2.05) is 49.4 Å². The molecule has 0 saturated carbocycles. The maximum absolute atomic E-state index is 11.4. The molecule has 0 amide bonds. The van der Waals surface area contributed by atoms with Gasteiger partial charge in [0.05, 0.1) is 12.5 Å². The smallest absolute Gasteiger partial charge is 0.310 e. The van der Waals surface area contributed by atoms with Crippen molar-refractivity contribution >= 4 is 17.6 Å². The molecule has 1 atom stereocenters. The van der Waals surface area contributed by atoms with Crippen molar-refractivity contribution in [2.45, 2.75) is 25.7 Å². The standard InChI is InChI=1S/C18H19ClO3/c1-13-12-15(9-10-17(13)19)22-11-5-8-16(18(20)21)14-6-3-2-4-7-14/h2-4,6-7,9-10,12,16H,5,8,11H2,1H3,(H,20,21). The second kappa shape index (κ2) is 7.85. The third-order valence-corrected chi connectivity index (χ3v) is 3.96. The molecule has 2 aromatic rings. The monoisotopic (exact) mass is 318 g/mol. The summed E-state index contributed by atoms with van der Waals surface area (Å²) in [5.41, 5.74) is 1.80. The Balaban J connectivity index is 1.86. The van der Waals surface area contributed by atoms with E-state index in [1.165, 1.54) is 0 Å². The third-order valence-electron chi connectivity index (χ3n) is 3.54. The van der Waals surface area contributed by atoms with Crippen molar-refractivity contribution in [1.29, 1.82) is 0 Å².